The largest absolute Gasteiger partial charge is 0.478 e. The second kappa shape index (κ2) is 11.6. The van der Waals surface area contributed by atoms with Crippen molar-refractivity contribution >= 4 is 5.94 Å². The van der Waals surface area contributed by atoms with E-state index in [1.807, 2.05) is 6.92 Å². The summed E-state index contributed by atoms with van der Waals surface area (Å²) in [6.07, 6.45) is 1.09. The van der Waals surface area contributed by atoms with E-state index in [1.54, 1.807) is 12.1 Å². The topological polar surface area (TPSA) is 32.8 Å². The molecule has 4 nitrogen and oxygen atoms in total. The molecule has 1 aliphatic rings. The molecular formula is C33H47FN2O2. The van der Waals surface area contributed by atoms with Crippen LogP contribution in [0.1, 0.15) is 104 Å². The van der Waals surface area contributed by atoms with Crippen LogP contribution in [0.25, 0.3) is 0 Å². The lowest BCUT2D eigenvalue weighted by Gasteiger charge is -2.45. The van der Waals surface area contributed by atoms with Gasteiger partial charge in [-0.3, -0.25) is 4.90 Å². The zero-order chi connectivity index (χ0) is 28.4. The predicted octanol–water partition coefficient (Wildman–Crippen LogP) is 7.58. The summed E-state index contributed by atoms with van der Waals surface area (Å²) in [5.74, 6) is 3.39. The summed E-state index contributed by atoms with van der Waals surface area (Å²) in [5.41, 5.74) is 5.21. The molecule has 0 bridgehead atoms. The maximum atomic E-state index is 13.4. The fourth-order valence-electron chi connectivity index (χ4n) is 5.17. The van der Waals surface area contributed by atoms with Crippen molar-refractivity contribution in [3.05, 3.63) is 70.2 Å². The van der Waals surface area contributed by atoms with Crippen LogP contribution >= 0.6 is 0 Å². The van der Waals surface area contributed by atoms with Crippen molar-refractivity contribution in [3.63, 3.8) is 0 Å². The van der Waals surface area contributed by atoms with Gasteiger partial charge in [-0.05, 0) is 60.3 Å². The smallest absolute Gasteiger partial charge is 0.147 e. The van der Waals surface area contributed by atoms with Crippen LogP contribution < -0.4 is 4.74 Å². The number of carbonyl (C=O) groups excluding carboxylic acids is 1. The lowest BCUT2D eigenvalue weighted by atomic mass is 9.77. The summed E-state index contributed by atoms with van der Waals surface area (Å²) in [4.78, 5) is 16.5. The molecule has 0 aromatic heterocycles. The van der Waals surface area contributed by atoms with E-state index in [4.69, 9.17) is 4.74 Å². The van der Waals surface area contributed by atoms with Gasteiger partial charge in [0.05, 0.1) is 6.04 Å². The maximum absolute atomic E-state index is 13.4. The predicted molar refractivity (Wildman–Crippen MR) is 155 cm³/mol. The molecule has 2 aromatic carbocycles. The number of rotatable bonds is 7. The van der Waals surface area contributed by atoms with E-state index in [2.05, 4.69) is 90.2 Å². The van der Waals surface area contributed by atoms with Crippen molar-refractivity contribution in [2.75, 3.05) is 13.3 Å². The Kier molecular flexibility index (Phi) is 9.16. The first-order chi connectivity index (χ1) is 17.7. The molecular weight excluding hydrogens is 475 g/mol. The second-order valence-electron chi connectivity index (χ2n) is 13.1. The third-order valence-electron chi connectivity index (χ3n) is 7.94. The lowest BCUT2D eigenvalue weighted by Crippen LogP contribution is -2.55. The van der Waals surface area contributed by atoms with Gasteiger partial charge in [-0.1, -0.05) is 79.7 Å². The van der Waals surface area contributed by atoms with Gasteiger partial charge in [-0.15, -0.1) is 0 Å². The lowest BCUT2D eigenvalue weighted by molar-refractivity contribution is 0.0273. The molecule has 1 unspecified atom stereocenters. The van der Waals surface area contributed by atoms with Crippen LogP contribution in [0.15, 0.2) is 42.1 Å². The van der Waals surface area contributed by atoms with E-state index in [-0.39, 0.29) is 28.7 Å². The first-order valence-corrected chi connectivity index (χ1v) is 14.0. The van der Waals surface area contributed by atoms with E-state index in [9.17, 15) is 9.18 Å². The highest BCUT2D eigenvalue weighted by Gasteiger charge is 2.35. The van der Waals surface area contributed by atoms with E-state index in [0.29, 0.717) is 24.9 Å². The maximum Gasteiger partial charge on any atom is 0.147 e. The Morgan fingerprint density at radius 1 is 1.03 bits per heavy atom. The molecule has 1 saturated heterocycles. The van der Waals surface area contributed by atoms with Gasteiger partial charge in [-0.2, -0.15) is 0 Å². The first kappa shape index (κ1) is 29.9. The molecule has 0 spiro atoms. The number of piperazine rings is 1. The molecule has 1 fully saturated rings. The average Bonchev–Trinajstić information content (AvgIpc) is 2.84. The Hall–Kier alpha value is -2.62. The monoisotopic (exact) mass is 522 g/mol. The minimum absolute atomic E-state index is 0.0771. The van der Waals surface area contributed by atoms with Crippen LogP contribution in [-0.4, -0.2) is 41.1 Å². The molecule has 38 heavy (non-hydrogen) atoms. The highest BCUT2D eigenvalue weighted by molar-refractivity contribution is 5.54. The van der Waals surface area contributed by atoms with E-state index < -0.39 is 0 Å². The molecule has 0 amide bonds. The van der Waals surface area contributed by atoms with Crippen LogP contribution in [0.2, 0.25) is 0 Å². The van der Waals surface area contributed by atoms with Crippen LogP contribution in [0, 0.1) is 5.82 Å². The Morgan fingerprint density at radius 2 is 1.58 bits per heavy atom. The zero-order valence-electron chi connectivity index (χ0n) is 25.1. The summed E-state index contributed by atoms with van der Waals surface area (Å²) in [6, 6.07) is 11.1. The second-order valence-corrected chi connectivity index (χ2v) is 13.1. The van der Waals surface area contributed by atoms with Gasteiger partial charge in [0.2, 0.25) is 0 Å². The molecule has 0 saturated carbocycles. The summed E-state index contributed by atoms with van der Waals surface area (Å²) < 4.78 is 20.1. The fourth-order valence-corrected chi connectivity index (χ4v) is 5.17. The molecule has 1 aliphatic heterocycles. The Balaban J connectivity index is 1.91. The number of benzene rings is 2. The molecule has 208 valence electrons. The number of nitrogens with zero attached hydrogens (tertiary/aromatic N) is 2. The molecule has 3 atom stereocenters. The highest BCUT2D eigenvalue weighted by atomic mass is 19.1. The molecule has 0 aliphatic carbocycles. The number of ether oxygens (including phenoxy) is 1. The minimum atomic E-state index is -0.260. The van der Waals surface area contributed by atoms with E-state index in [1.165, 1.54) is 28.8 Å². The van der Waals surface area contributed by atoms with Gasteiger partial charge < -0.3 is 9.64 Å². The van der Waals surface area contributed by atoms with Crippen LogP contribution in [0.5, 0.6) is 5.75 Å². The quantitative estimate of drug-likeness (QED) is 0.351. The van der Waals surface area contributed by atoms with Gasteiger partial charge in [0.25, 0.3) is 0 Å². The fraction of sp³-hybridized carbons (Fsp3) is 0.576. The Morgan fingerprint density at radius 3 is 2.05 bits per heavy atom. The molecule has 0 radical (unpaired) electrons. The van der Waals surface area contributed by atoms with Crippen molar-refractivity contribution in [3.8, 4) is 5.75 Å². The van der Waals surface area contributed by atoms with Crippen molar-refractivity contribution in [1.29, 1.82) is 0 Å². The van der Waals surface area contributed by atoms with Crippen molar-refractivity contribution < 1.29 is 13.9 Å². The molecule has 1 heterocycles. The number of hydrogen-bond acceptors (Lipinski definition) is 4. The molecule has 5 heteroatoms. The summed E-state index contributed by atoms with van der Waals surface area (Å²) in [6.45, 7) is 23.8. The van der Waals surface area contributed by atoms with Crippen molar-refractivity contribution in [2.24, 2.45) is 0 Å². The van der Waals surface area contributed by atoms with Crippen molar-refractivity contribution in [1.82, 2.24) is 9.80 Å². The van der Waals surface area contributed by atoms with E-state index >= 15 is 0 Å². The van der Waals surface area contributed by atoms with E-state index in [0.717, 1.165) is 24.3 Å². The van der Waals surface area contributed by atoms with Gasteiger partial charge >= 0.3 is 0 Å². The zero-order valence-corrected chi connectivity index (χ0v) is 25.1. The number of hydrogen-bond donors (Lipinski definition) is 0. The van der Waals surface area contributed by atoms with Crippen molar-refractivity contribution in [2.45, 2.75) is 111 Å². The molecule has 0 N–H and O–H groups in total. The minimum Gasteiger partial charge on any atom is -0.478 e. The highest BCUT2D eigenvalue weighted by Crippen LogP contribution is 2.42. The standard InChI is InChI=1S/C33H47FN2O2/c1-11-22(2)26-16-28(32(5,6)7)31(29(17-26)33(8,9)10)38-21-35-18-23(3)36(30(20-37)24(35)4)19-25-12-14-27(34)15-13-25/h12-17,22-24H,11,18-19,21H2,1-10H3/t22?,23-,24+/m0/s1. The van der Waals surface area contributed by atoms with Crippen LogP contribution in [0.3, 0.4) is 0 Å². The number of halogens is 1. The Labute approximate surface area is 229 Å². The molecule has 2 aromatic rings. The SMILES string of the molecule is CCC(C)c1cc(C(C)(C)C)c(OCN2C[C@H](C)N(Cc3ccc(F)cc3)C(=C=O)[C@H]2C)c(C(C)(C)C)c1. The van der Waals surface area contributed by atoms with Gasteiger partial charge in [-0.25, -0.2) is 9.18 Å². The van der Waals surface area contributed by atoms with Gasteiger partial charge in [0.15, 0.2) is 0 Å². The third kappa shape index (κ3) is 6.68. The summed E-state index contributed by atoms with van der Waals surface area (Å²) in [7, 11) is 0. The average molecular weight is 523 g/mol. The summed E-state index contributed by atoms with van der Waals surface area (Å²) in [5, 5.41) is 0. The Bertz CT molecular complexity index is 1120. The summed E-state index contributed by atoms with van der Waals surface area (Å²) >= 11 is 0. The third-order valence-corrected chi connectivity index (χ3v) is 7.94. The van der Waals surface area contributed by atoms with Crippen LogP contribution in [0.4, 0.5) is 4.39 Å². The van der Waals surface area contributed by atoms with Gasteiger partial charge in [0, 0.05) is 30.3 Å². The van der Waals surface area contributed by atoms with Gasteiger partial charge in [0.1, 0.15) is 29.9 Å². The first-order valence-electron chi connectivity index (χ1n) is 14.0. The normalized spacial score (nSPS) is 19.9. The molecule has 3 rings (SSSR count). The van der Waals surface area contributed by atoms with Crippen LogP contribution in [-0.2, 0) is 22.2 Å².